The van der Waals surface area contributed by atoms with Gasteiger partial charge in [0, 0.05) is 0 Å². The van der Waals surface area contributed by atoms with E-state index in [9.17, 15) is 5.11 Å². The van der Waals surface area contributed by atoms with Gasteiger partial charge in [-0.1, -0.05) is 36.4 Å². The standard InChI is InChI=1S/C19H22O5/c1-19(2)23-17-16(15(10-20)22-18(17)24-19)21-11-12-7-8-13-5-3-4-6-14(13)9-12/h3-9,15-18,20H,10-11H2,1-2H3/t15-,16-,17-,18-/m1/s1. The molecular formula is C19H22O5. The van der Waals surface area contributed by atoms with Crippen LogP contribution in [-0.4, -0.2) is 42.1 Å². The molecule has 0 unspecified atom stereocenters. The Labute approximate surface area is 141 Å². The Morgan fingerprint density at radius 1 is 1.08 bits per heavy atom. The fraction of sp³-hybridized carbons (Fsp3) is 0.474. The summed E-state index contributed by atoms with van der Waals surface area (Å²) in [5, 5.41) is 11.9. The van der Waals surface area contributed by atoms with Crippen molar-refractivity contribution in [3.63, 3.8) is 0 Å². The summed E-state index contributed by atoms with van der Waals surface area (Å²) in [4.78, 5) is 0. The fourth-order valence-corrected chi connectivity index (χ4v) is 3.42. The molecule has 2 aliphatic rings. The number of fused-ring (bicyclic) bond motifs is 2. The Morgan fingerprint density at radius 3 is 2.67 bits per heavy atom. The summed E-state index contributed by atoms with van der Waals surface area (Å²) < 4.78 is 23.4. The van der Waals surface area contributed by atoms with Gasteiger partial charge in [0.05, 0.1) is 13.2 Å². The van der Waals surface area contributed by atoms with Gasteiger partial charge in [0.25, 0.3) is 0 Å². The molecule has 0 amide bonds. The highest BCUT2D eigenvalue weighted by molar-refractivity contribution is 5.82. The van der Waals surface area contributed by atoms with Crippen LogP contribution in [0.4, 0.5) is 0 Å². The fourth-order valence-electron chi connectivity index (χ4n) is 3.42. The van der Waals surface area contributed by atoms with Gasteiger partial charge in [-0.2, -0.15) is 0 Å². The molecule has 2 aromatic rings. The minimum Gasteiger partial charge on any atom is -0.394 e. The molecule has 4 rings (SSSR count). The zero-order chi connectivity index (χ0) is 16.7. The Balaban J connectivity index is 1.48. The first kappa shape index (κ1) is 16.0. The van der Waals surface area contributed by atoms with Crippen LogP contribution in [0.5, 0.6) is 0 Å². The van der Waals surface area contributed by atoms with Gasteiger partial charge in [-0.3, -0.25) is 0 Å². The molecule has 0 saturated carbocycles. The third-order valence-corrected chi connectivity index (χ3v) is 4.52. The van der Waals surface area contributed by atoms with E-state index in [0.29, 0.717) is 6.61 Å². The van der Waals surface area contributed by atoms with Crippen LogP contribution in [0.2, 0.25) is 0 Å². The summed E-state index contributed by atoms with van der Waals surface area (Å²) in [6.07, 6.45) is -1.60. The first-order valence-electron chi connectivity index (χ1n) is 8.27. The van der Waals surface area contributed by atoms with Gasteiger partial charge < -0.3 is 24.1 Å². The molecule has 2 heterocycles. The van der Waals surface area contributed by atoms with Crippen LogP contribution < -0.4 is 0 Å². The lowest BCUT2D eigenvalue weighted by Crippen LogP contribution is -2.38. The van der Waals surface area contributed by atoms with Gasteiger partial charge in [-0.05, 0) is 36.2 Å². The van der Waals surface area contributed by atoms with Crippen molar-refractivity contribution in [2.24, 2.45) is 0 Å². The van der Waals surface area contributed by atoms with Crippen molar-refractivity contribution in [3.05, 3.63) is 48.0 Å². The lowest BCUT2D eigenvalue weighted by atomic mass is 10.1. The van der Waals surface area contributed by atoms with E-state index in [0.717, 1.165) is 5.56 Å². The summed E-state index contributed by atoms with van der Waals surface area (Å²) in [7, 11) is 0. The number of rotatable bonds is 4. The van der Waals surface area contributed by atoms with Crippen LogP contribution in [0, 0.1) is 0 Å². The van der Waals surface area contributed by atoms with E-state index in [1.54, 1.807) is 0 Å². The second-order valence-electron chi connectivity index (χ2n) is 6.78. The molecule has 2 saturated heterocycles. The predicted octanol–water partition coefficient (Wildman–Crippen LogP) is 2.59. The maximum Gasteiger partial charge on any atom is 0.190 e. The smallest absolute Gasteiger partial charge is 0.190 e. The van der Waals surface area contributed by atoms with Crippen molar-refractivity contribution in [1.82, 2.24) is 0 Å². The van der Waals surface area contributed by atoms with Gasteiger partial charge in [0.15, 0.2) is 12.1 Å². The van der Waals surface area contributed by atoms with Crippen molar-refractivity contribution < 1.29 is 24.1 Å². The van der Waals surface area contributed by atoms with E-state index in [-0.39, 0.29) is 18.8 Å². The van der Waals surface area contributed by atoms with Crippen LogP contribution in [0.3, 0.4) is 0 Å². The molecule has 0 aliphatic carbocycles. The van der Waals surface area contributed by atoms with Crippen molar-refractivity contribution >= 4 is 10.8 Å². The first-order chi connectivity index (χ1) is 11.6. The highest BCUT2D eigenvalue weighted by Crippen LogP contribution is 2.38. The van der Waals surface area contributed by atoms with E-state index < -0.39 is 18.2 Å². The number of ether oxygens (including phenoxy) is 4. The molecule has 1 N–H and O–H groups in total. The molecule has 0 spiro atoms. The summed E-state index contributed by atoms with van der Waals surface area (Å²) in [6, 6.07) is 14.5. The zero-order valence-corrected chi connectivity index (χ0v) is 13.8. The molecule has 128 valence electrons. The number of aliphatic hydroxyl groups is 1. The minimum absolute atomic E-state index is 0.122. The van der Waals surface area contributed by atoms with E-state index >= 15 is 0 Å². The summed E-state index contributed by atoms with van der Waals surface area (Å²) in [5.41, 5.74) is 1.08. The van der Waals surface area contributed by atoms with E-state index in [1.807, 2.05) is 26.0 Å². The van der Waals surface area contributed by atoms with Crippen LogP contribution in [0.25, 0.3) is 10.8 Å². The zero-order valence-electron chi connectivity index (χ0n) is 13.8. The quantitative estimate of drug-likeness (QED) is 0.934. The molecule has 0 bridgehead atoms. The van der Waals surface area contributed by atoms with E-state index in [2.05, 4.69) is 30.3 Å². The number of hydrogen-bond donors (Lipinski definition) is 1. The Kier molecular flexibility index (Phi) is 4.06. The van der Waals surface area contributed by atoms with Crippen LogP contribution >= 0.6 is 0 Å². The van der Waals surface area contributed by atoms with Gasteiger partial charge in [-0.25, -0.2) is 0 Å². The molecule has 24 heavy (non-hydrogen) atoms. The molecule has 2 aromatic carbocycles. The lowest BCUT2D eigenvalue weighted by Gasteiger charge is -2.25. The Morgan fingerprint density at radius 2 is 1.88 bits per heavy atom. The third kappa shape index (κ3) is 2.94. The second-order valence-corrected chi connectivity index (χ2v) is 6.78. The second kappa shape index (κ2) is 6.10. The molecule has 5 nitrogen and oxygen atoms in total. The molecule has 5 heteroatoms. The number of hydrogen-bond acceptors (Lipinski definition) is 5. The highest BCUT2D eigenvalue weighted by Gasteiger charge is 2.55. The van der Waals surface area contributed by atoms with Crippen molar-refractivity contribution in [3.8, 4) is 0 Å². The molecular weight excluding hydrogens is 308 g/mol. The van der Waals surface area contributed by atoms with Crippen molar-refractivity contribution in [2.45, 2.75) is 50.8 Å². The molecule has 0 radical (unpaired) electrons. The largest absolute Gasteiger partial charge is 0.394 e. The van der Waals surface area contributed by atoms with Gasteiger partial charge in [-0.15, -0.1) is 0 Å². The number of benzene rings is 2. The van der Waals surface area contributed by atoms with E-state index in [4.69, 9.17) is 18.9 Å². The molecule has 2 aliphatic heterocycles. The number of aliphatic hydroxyl groups excluding tert-OH is 1. The maximum absolute atomic E-state index is 9.54. The SMILES string of the molecule is CC1(C)O[C@H]2O[C@H](CO)[C@@H](OCc3ccc4ccccc4c3)[C@H]2O1. The molecule has 0 aromatic heterocycles. The van der Waals surface area contributed by atoms with Gasteiger partial charge >= 0.3 is 0 Å². The lowest BCUT2D eigenvalue weighted by molar-refractivity contribution is -0.222. The monoisotopic (exact) mass is 330 g/mol. The summed E-state index contributed by atoms with van der Waals surface area (Å²) in [6.45, 7) is 4.01. The van der Waals surface area contributed by atoms with Gasteiger partial charge in [0.1, 0.15) is 18.3 Å². The summed E-state index contributed by atoms with van der Waals surface area (Å²) >= 11 is 0. The van der Waals surface area contributed by atoms with Gasteiger partial charge in [0.2, 0.25) is 0 Å². The first-order valence-corrected chi connectivity index (χ1v) is 8.27. The average Bonchev–Trinajstić information content (AvgIpc) is 3.04. The Hall–Kier alpha value is -1.50. The predicted molar refractivity (Wildman–Crippen MR) is 88.3 cm³/mol. The van der Waals surface area contributed by atoms with E-state index in [1.165, 1.54) is 10.8 Å². The molecule has 4 atom stereocenters. The summed E-state index contributed by atoms with van der Waals surface area (Å²) in [5.74, 6) is -0.694. The highest BCUT2D eigenvalue weighted by atomic mass is 16.8. The third-order valence-electron chi connectivity index (χ3n) is 4.52. The van der Waals surface area contributed by atoms with Crippen LogP contribution in [0.15, 0.2) is 42.5 Å². The van der Waals surface area contributed by atoms with Crippen molar-refractivity contribution in [2.75, 3.05) is 6.61 Å². The Bertz CT molecular complexity index is 729. The van der Waals surface area contributed by atoms with Crippen molar-refractivity contribution in [1.29, 1.82) is 0 Å². The average molecular weight is 330 g/mol. The molecule has 2 fully saturated rings. The topological polar surface area (TPSA) is 57.2 Å². The van der Waals surface area contributed by atoms with Crippen LogP contribution in [-0.2, 0) is 25.6 Å². The minimum atomic E-state index is -0.694. The normalized spacial score (nSPS) is 31.5. The maximum atomic E-state index is 9.54. The van der Waals surface area contributed by atoms with Crippen LogP contribution in [0.1, 0.15) is 19.4 Å².